The summed E-state index contributed by atoms with van der Waals surface area (Å²) in [6, 6.07) is 15.7. The minimum atomic E-state index is -0.657. The van der Waals surface area contributed by atoms with E-state index in [-0.39, 0.29) is 17.5 Å². The van der Waals surface area contributed by atoms with Crippen molar-refractivity contribution in [1.82, 2.24) is 24.8 Å². The van der Waals surface area contributed by atoms with Gasteiger partial charge < -0.3 is 25.3 Å². The second-order valence-electron chi connectivity index (χ2n) is 11.0. The van der Waals surface area contributed by atoms with Gasteiger partial charge in [0.2, 0.25) is 11.8 Å². The van der Waals surface area contributed by atoms with E-state index in [2.05, 4.69) is 16.0 Å². The highest BCUT2D eigenvalue weighted by Gasteiger charge is 2.21. The number of methoxy groups -OCH3 is 1. The molecule has 228 valence electrons. The summed E-state index contributed by atoms with van der Waals surface area (Å²) in [5.41, 5.74) is 5.62. The lowest BCUT2D eigenvalue weighted by molar-refractivity contribution is -0.119. The standard InChI is InChI=1S/C33H36N6O5/c1-19-23(24-9-7-11-27(20(24)2)36-30(41)26-18-38(3)33(43)39(4)32(26)42)8-6-10-25(19)28-14-12-21(31(37-28)44-5)16-34-17-22-13-15-29(40)35-22/h6-12,14,18,22,34H,13,15-17H2,1-5H3,(H,35,40)(H,36,41). The van der Waals surface area contributed by atoms with Gasteiger partial charge in [0.1, 0.15) is 5.56 Å². The summed E-state index contributed by atoms with van der Waals surface area (Å²) in [6.45, 7) is 5.18. The summed E-state index contributed by atoms with van der Waals surface area (Å²) in [5.74, 6) is 0.0320. The Hall–Kier alpha value is -5.03. The van der Waals surface area contributed by atoms with Crippen LogP contribution < -0.4 is 31.9 Å². The van der Waals surface area contributed by atoms with Crippen LogP contribution in [0.15, 0.2) is 64.3 Å². The molecule has 3 heterocycles. The first kappa shape index (κ1) is 30.4. The predicted octanol–water partition coefficient (Wildman–Crippen LogP) is 3.06. The van der Waals surface area contributed by atoms with Crippen molar-refractivity contribution in [3.8, 4) is 28.3 Å². The third-order valence-electron chi connectivity index (χ3n) is 8.10. The van der Waals surface area contributed by atoms with Crippen molar-refractivity contribution in [2.24, 2.45) is 14.1 Å². The Morgan fingerprint density at radius 3 is 2.41 bits per heavy atom. The fourth-order valence-corrected chi connectivity index (χ4v) is 5.56. The molecule has 0 radical (unpaired) electrons. The van der Waals surface area contributed by atoms with Crippen LogP contribution in [0, 0.1) is 13.8 Å². The number of nitrogens with one attached hydrogen (secondary N) is 3. The van der Waals surface area contributed by atoms with Crippen molar-refractivity contribution in [3.63, 3.8) is 0 Å². The predicted molar refractivity (Wildman–Crippen MR) is 169 cm³/mol. The van der Waals surface area contributed by atoms with Gasteiger partial charge in [0, 0.05) is 62.7 Å². The monoisotopic (exact) mass is 596 g/mol. The van der Waals surface area contributed by atoms with Crippen molar-refractivity contribution in [2.45, 2.75) is 39.3 Å². The number of ether oxygens (including phenoxy) is 1. The van der Waals surface area contributed by atoms with Gasteiger partial charge in [0.05, 0.1) is 12.8 Å². The lowest BCUT2D eigenvalue weighted by Gasteiger charge is -2.17. The minimum Gasteiger partial charge on any atom is -0.481 e. The molecule has 0 saturated carbocycles. The van der Waals surface area contributed by atoms with E-state index in [4.69, 9.17) is 9.72 Å². The summed E-state index contributed by atoms with van der Waals surface area (Å²) in [5, 5.41) is 9.20. The number of hydrogen-bond acceptors (Lipinski definition) is 7. The average molecular weight is 597 g/mol. The molecule has 11 nitrogen and oxygen atoms in total. The Kier molecular flexibility index (Phi) is 8.77. The first-order valence-corrected chi connectivity index (χ1v) is 14.4. The largest absolute Gasteiger partial charge is 0.481 e. The molecule has 1 aliphatic heterocycles. The first-order valence-electron chi connectivity index (χ1n) is 14.4. The van der Waals surface area contributed by atoms with Gasteiger partial charge in [-0.1, -0.05) is 36.4 Å². The first-order chi connectivity index (χ1) is 21.1. The van der Waals surface area contributed by atoms with Gasteiger partial charge >= 0.3 is 5.69 Å². The molecule has 1 fully saturated rings. The van der Waals surface area contributed by atoms with Crippen LogP contribution in [-0.4, -0.2) is 45.6 Å². The number of benzene rings is 2. The van der Waals surface area contributed by atoms with Crippen molar-refractivity contribution < 1.29 is 14.3 Å². The van der Waals surface area contributed by atoms with E-state index in [1.165, 1.54) is 24.9 Å². The highest BCUT2D eigenvalue weighted by Crippen LogP contribution is 2.35. The van der Waals surface area contributed by atoms with Crippen LogP contribution in [0.2, 0.25) is 0 Å². The maximum Gasteiger partial charge on any atom is 0.330 e. The maximum absolute atomic E-state index is 13.1. The van der Waals surface area contributed by atoms with Gasteiger partial charge in [-0.2, -0.15) is 0 Å². The third kappa shape index (κ3) is 6.04. The number of amides is 2. The number of pyridine rings is 1. The lowest BCUT2D eigenvalue weighted by Crippen LogP contribution is -2.40. The quantitative estimate of drug-likeness (QED) is 0.270. The van der Waals surface area contributed by atoms with Crippen molar-refractivity contribution in [2.75, 3.05) is 19.0 Å². The van der Waals surface area contributed by atoms with E-state index < -0.39 is 17.2 Å². The maximum atomic E-state index is 13.1. The van der Waals surface area contributed by atoms with Gasteiger partial charge in [0.15, 0.2) is 0 Å². The van der Waals surface area contributed by atoms with Gasteiger partial charge in [-0.25, -0.2) is 9.78 Å². The van der Waals surface area contributed by atoms with E-state index in [0.29, 0.717) is 31.1 Å². The molecule has 5 rings (SSSR count). The number of aromatic nitrogens is 3. The highest BCUT2D eigenvalue weighted by atomic mass is 16.5. The van der Waals surface area contributed by atoms with E-state index in [9.17, 15) is 19.2 Å². The molecule has 44 heavy (non-hydrogen) atoms. The van der Waals surface area contributed by atoms with Crippen LogP contribution >= 0.6 is 0 Å². The number of carbonyl (C=O) groups excluding carboxylic acids is 2. The lowest BCUT2D eigenvalue weighted by atomic mass is 9.91. The molecule has 4 aromatic rings. The van der Waals surface area contributed by atoms with Gasteiger partial charge in [0.25, 0.3) is 11.5 Å². The van der Waals surface area contributed by atoms with Crippen molar-refractivity contribution in [1.29, 1.82) is 0 Å². The van der Waals surface area contributed by atoms with Crippen molar-refractivity contribution >= 4 is 17.5 Å². The smallest absolute Gasteiger partial charge is 0.330 e. The molecule has 2 aromatic carbocycles. The molecule has 2 amide bonds. The third-order valence-corrected chi connectivity index (χ3v) is 8.10. The zero-order chi connectivity index (χ0) is 31.5. The fourth-order valence-electron chi connectivity index (χ4n) is 5.56. The van der Waals surface area contributed by atoms with Crippen molar-refractivity contribution in [3.05, 3.63) is 97.8 Å². The molecule has 2 aromatic heterocycles. The summed E-state index contributed by atoms with van der Waals surface area (Å²) in [4.78, 5) is 54.1. The summed E-state index contributed by atoms with van der Waals surface area (Å²) in [7, 11) is 4.44. The highest BCUT2D eigenvalue weighted by molar-refractivity contribution is 6.04. The number of nitrogens with zero attached hydrogens (tertiary/aromatic N) is 3. The van der Waals surface area contributed by atoms with Crippen LogP contribution in [-0.2, 0) is 25.4 Å². The van der Waals surface area contributed by atoms with Crippen LogP contribution in [0.1, 0.15) is 39.9 Å². The second-order valence-corrected chi connectivity index (χ2v) is 11.0. The Morgan fingerprint density at radius 1 is 1.00 bits per heavy atom. The van der Waals surface area contributed by atoms with Crippen LogP contribution in [0.5, 0.6) is 5.88 Å². The Labute approximate surface area is 254 Å². The second kappa shape index (κ2) is 12.7. The molecule has 1 atom stereocenters. The Morgan fingerprint density at radius 2 is 1.70 bits per heavy atom. The van der Waals surface area contributed by atoms with Gasteiger partial charge in [-0.3, -0.25) is 19.0 Å². The van der Waals surface area contributed by atoms with Crippen LogP contribution in [0.4, 0.5) is 5.69 Å². The number of rotatable bonds is 9. The minimum absolute atomic E-state index is 0.0954. The average Bonchev–Trinajstić information content (AvgIpc) is 3.44. The van der Waals surface area contributed by atoms with E-state index >= 15 is 0 Å². The molecule has 3 N–H and O–H groups in total. The molecule has 0 aliphatic carbocycles. The topological polar surface area (TPSA) is 136 Å². The number of aryl methyl sites for hydroxylation is 1. The Balaban J connectivity index is 1.40. The molecule has 11 heteroatoms. The zero-order valence-electron chi connectivity index (χ0n) is 25.5. The van der Waals surface area contributed by atoms with Crippen LogP contribution in [0.3, 0.4) is 0 Å². The number of anilines is 1. The fraction of sp³-hybridized carbons (Fsp3) is 0.303. The van der Waals surface area contributed by atoms with E-state index in [1.54, 1.807) is 13.2 Å². The molecule has 0 bridgehead atoms. The SMILES string of the molecule is COc1nc(-c2cccc(-c3cccc(NC(=O)c4cn(C)c(=O)n(C)c4=O)c3C)c2C)ccc1CNCC1CCC(=O)N1. The Bertz CT molecular complexity index is 1880. The molecule has 1 unspecified atom stereocenters. The van der Waals surface area contributed by atoms with E-state index in [1.807, 2.05) is 56.3 Å². The number of hydrogen-bond donors (Lipinski definition) is 3. The summed E-state index contributed by atoms with van der Waals surface area (Å²) >= 11 is 0. The number of carbonyl (C=O) groups is 2. The normalized spacial score (nSPS) is 14.4. The zero-order valence-corrected chi connectivity index (χ0v) is 25.5. The van der Waals surface area contributed by atoms with Gasteiger partial charge in [-0.05, 0) is 54.7 Å². The van der Waals surface area contributed by atoms with Gasteiger partial charge in [-0.15, -0.1) is 0 Å². The van der Waals surface area contributed by atoms with E-state index in [0.717, 1.165) is 50.1 Å². The molecule has 0 spiro atoms. The summed E-state index contributed by atoms with van der Waals surface area (Å²) in [6.07, 6.45) is 2.66. The molecular formula is C33H36N6O5. The summed E-state index contributed by atoms with van der Waals surface area (Å²) < 4.78 is 7.76. The molecule has 1 aliphatic rings. The molecular weight excluding hydrogens is 560 g/mol. The molecule has 1 saturated heterocycles. The van der Waals surface area contributed by atoms with Crippen LogP contribution in [0.25, 0.3) is 22.4 Å².